The van der Waals surface area contributed by atoms with Gasteiger partial charge in [-0.05, 0) is 42.0 Å². The minimum atomic E-state index is -0.246. The smallest absolute Gasteiger partial charge is 0.248 e. The number of carbonyl (C=O) groups excluding carboxylic acids is 1. The first-order valence-electron chi connectivity index (χ1n) is 9.01. The predicted molar refractivity (Wildman–Crippen MR) is 112 cm³/mol. The van der Waals surface area contributed by atoms with Crippen LogP contribution in [0.2, 0.25) is 0 Å². The second-order valence-corrected chi connectivity index (χ2v) is 6.11. The zero-order chi connectivity index (χ0) is 20.5. The summed E-state index contributed by atoms with van der Waals surface area (Å²) in [6, 6.07) is 16.5. The van der Waals surface area contributed by atoms with Crippen LogP contribution in [0.4, 0.5) is 5.69 Å². The highest BCUT2D eigenvalue weighted by Gasteiger charge is 2.04. The van der Waals surface area contributed by atoms with Gasteiger partial charge < -0.3 is 19.5 Å². The molecule has 2 aromatic carbocycles. The third-order valence-corrected chi connectivity index (χ3v) is 4.06. The van der Waals surface area contributed by atoms with E-state index < -0.39 is 0 Å². The average Bonchev–Trinajstić information content (AvgIpc) is 2.77. The lowest BCUT2D eigenvalue weighted by molar-refractivity contribution is -0.111. The number of rotatable bonds is 8. The first kappa shape index (κ1) is 19.9. The number of methoxy groups -OCH3 is 2. The summed E-state index contributed by atoms with van der Waals surface area (Å²) in [5, 5.41) is 2.83. The van der Waals surface area contributed by atoms with Crippen LogP contribution in [-0.2, 0) is 11.4 Å². The Morgan fingerprint density at radius 2 is 1.90 bits per heavy atom. The summed E-state index contributed by atoms with van der Waals surface area (Å²) in [7, 11) is 3.15. The first-order chi connectivity index (χ1) is 14.2. The van der Waals surface area contributed by atoms with Gasteiger partial charge in [-0.1, -0.05) is 18.2 Å². The molecule has 1 N–H and O–H groups in total. The van der Waals surface area contributed by atoms with Crippen molar-refractivity contribution in [2.45, 2.75) is 6.61 Å². The van der Waals surface area contributed by atoms with Gasteiger partial charge in [0.05, 0.1) is 14.2 Å². The molecule has 0 aliphatic heterocycles. The number of pyridine rings is 1. The SMILES string of the molecule is COc1ccc(C=CC(=O)Nc2cccc(OCc3cccnc3)c2)cc1OC. The van der Waals surface area contributed by atoms with Crippen LogP contribution in [-0.4, -0.2) is 25.1 Å². The average molecular weight is 390 g/mol. The third-order valence-electron chi connectivity index (χ3n) is 4.06. The van der Waals surface area contributed by atoms with Crippen molar-refractivity contribution in [3.05, 3.63) is 84.2 Å². The van der Waals surface area contributed by atoms with Gasteiger partial charge in [0.2, 0.25) is 5.91 Å². The summed E-state index contributed by atoms with van der Waals surface area (Å²) < 4.78 is 16.2. The van der Waals surface area contributed by atoms with Crippen molar-refractivity contribution in [1.29, 1.82) is 0 Å². The van der Waals surface area contributed by atoms with Gasteiger partial charge in [-0.3, -0.25) is 9.78 Å². The van der Waals surface area contributed by atoms with E-state index >= 15 is 0 Å². The summed E-state index contributed by atoms with van der Waals surface area (Å²) in [4.78, 5) is 16.3. The van der Waals surface area contributed by atoms with E-state index in [-0.39, 0.29) is 5.91 Å². The summed E-state index contributed by atoms with van der Waals surface area (Å²) in [6.07, 6.45) is 6.64. The van der Waals surface area contributed by atoms with Crippen molar-refractivity contribution >= 4 is 17.7 Å². The van der Waals surface area contributed by atoms with E-state index in [2.05, 4.69) is 10.3 Å². The van der Waals surface area contributed by atoms with Gasteiger partial charge in [0.1, 0.15) is 12.4 Å². The van der Waals surface area contributed by atoms with Gasteiger partial charge in [0.25, 0.3) is 0 Å². The summed E-state index contributed by atoms with van der Waals surface area (Å²) in [6.45, 7) is 0.407. The number of aromatic nitrogens is 1. The van der Waals surface area contributed by atoms with Gasteiger partial charge in [-0.25, -0.2) is 0 Å². The Bertz CT molecular complexity index is 987. The molecule has 29 heavy (non-hydrogen) atoms. The molecular weight excluding hydrogens is 368 g/mol. The van der Waals surface area contributed by atoms with Crippen molar-refractivity contribution in [2.75, 3.05) is 19.5 Å². The lowest BCUT2D eigenvalue weighted by Crippen LogP contribution is -2.07. The van der Waals surface area contributed by atoms with Gasteiger partial charge in [-0.15, -0.1) is 0 Å². The fourth-order valence-electron chi connectivity index (χ4n) is 2.63. The Morgan fingerprint density at radius 3 is 2.66 bits per heavy atom. The summed E-state index contributed by atoms with van der Waals surface area (Å²) in [5.41, 5.74) is 2.45. The lowest BCUT2D eigenvalue weighted by Gasteiger charge is -2.09. The summed E-state index contributed by atoms with van der Waals surface area (Å²) >= 11 is 0. The highest BCUT2D eigenvalue weighted by atomic mass is 16.5. The number of anilines is 1. The van der Waals surface area contributed by atoms with E-state index in [1.54, 1.807) is 57.0 Å². The Balaban J connectivity index is 1.59. The molecule has 1 amide bonds. The number of nitrogens with one attached hydrogen (secondary N) is 1. The molecule has 1 heterocycles. The molecule has 0 bridgehead atoms. The third kappa shape index (κ3) is 5.84. The Hall–Kier alpha value is -3.80. The summed E-state index contributed by atoms with van der Waals surface area (Å²) in [5.74, 6) is 1.66. The van der Waals surface area contributed by atoms with Crippen LogP contribution < -0.4 is 19.5 Å². The second-order valence-electron chi connectivity index (χ2n) is 6.11. The second kappa shape index (κ2) is 9.94. The molecule has 0 aliphatic rings. The zero-order valence-corrected chi connectivity index (χ0v) is 16.3. The van der Waals surface area contributed by atoms with Crippen molar-refractivity contribution < 1.29 is 19.0 Å². The molecule has 6 nitrogen and oxygen atoms in total. The topological polar surface area (TPSA) is 69.7 Å². The number of hydrogen-bond donors (Lipinski definition) is 1. The van der Waals surface area contributed by atoms with Crippen LogP contribution in [0, 0.1) is 0 Å². The number of nitrogens with zero attached hydrogens (tertiary/aromatic N) is 1. The van der Waals surface area contributed by atoms with Crippen LogP contribution in [0.3, 0.4) is 0 Å². The van der Waals surface area contributed by atoms with E-state index in [0.29, 0.717) is 29.5 Å². The minimum Gasteiger partial charge on any atom is -0.493 e. The Morgan fingerprint density at radius 1 is 1.03 bits per heavy atom. The van der Waals surface area contributed by atoms with Crippen LogP contribution in [0.15, 0.2) is 73.1 Å². The zero-order valence-electron chi connectivity index (χ0n) is 16.3. The Kier molecular flexibility index (Phi) is 6.84. The molecule has 3 aromatic rings. The fourth-order valence-corrected chi connectivity index (χ4v) is 2.63. The highest BCUT2D eigenvalue weighted by molar-refractivity contribution is 6.02. The van der Waals surface area contributed by atoms with Gasteiger partial charge in [-0.2, -0.15) is 0 Å². The maximum absolute atomic E-state index is 12.3. The van der Waals surface area contributed by atoms with Gasteiger partial charge in [0.15, 0.2) is 11.5 Å². The highest BCUT2D eigenvalue weighted by Crippen LogP contribution is 2.28. The molecule has 3 rings (SSSR count). The molecular formula is C23H22N2O4. The number of hydrogen-bond acceptors (Lipinski definition) is 5. The molecule has 0 spiro atoms. The molecule has 0 saturated heterocycles. The number of ether oxygens (including phenoxy) is 3. The maximum atomic E-state index is 12.3. The molecule has 0 aliphatic carbocycles. The maximum Gasteiger partial charge on any atom is 0.248 e. The molecule has 1 aromatic heterocycles. The van der Waals surface area contributed by atoms with Crippen LogP contribution in [0.1, 0.15) is 11.1 Å². The van der Waals surface area contributed by atoms with Gasteiger partial charge in [0, 0.05) is 35.8 Å². The standard InChI is InChI=1S/C23H22N2O4/c1-27-21-10-8-17(13-22(21)28-2)9-11-23(26)25-19-6-3-7-20(14-19)29-16-18-5-4-12-24-15-18/h3-15H,16H2,1-2H3,(H,25,26). The fraction of sp³-hybridized carbons (Fsp3) is 0.130. The van der Waals surface area contributed by atoms with Gasteiger partial charge >= 0.3 is 0 Å². The molecule has 0 radical (unpaired) electrons. The number of benzene rings is 2. The van der Waals surface area contributed by atoms with Crippen molar-refractivity contribution in [3.63, 3.8) is 0 Å². The van der Waals surface area contributed by atoms with E-state index in [0.717, 1.165) is 11.1 Å². The predicted octanol–water partition coefficient (Wildman–Crippen LogP) is 4.33. The lowest BCUT2D eigenvalue weighted by atomic mass is 10.2. The van der Waals surface area contributed by atoms with Crippen LogP contribution in [0.5, 0.6) is 17.2 Å². The number of carbonyl (C=O) groups is 1. The molecule has 0 saturated carbocycles. The largest absolute Gasteiger partial charge is 0.493 e. The molecule has 0 unspecified atom stereocenters. The van der Waals surface area contributed by atoms with E-state index in [1.807, 2.05) is 30.3 Å². The minimum absolute atomic E-state index is 0.246. The number of amides is 1. The molecule has 6 heteroatoms. The van der Waals surface area contributed by atoms with Crippen LogP contribution >= 0.6 is 0 Å². The Labute approximate surface area is 169 Å². The first-order valence-corrected chi connectivity index (χ1v) is 9.01. The van der Waals surface area contributed by atoms with Crippen molar-refractivity contribution in [2.24, 2.45) is 0 Å². The van der Waals surface area contributed by atoms with Crippen molar-refractivity contribution in [1.82, 2.24) is 4.98 Å². The molecule has 148 valence electrons. The monoisotopic (exact) mass is 390 g/mol. The van der Waals surface area contributed by atoms with Crippen molar-refractivity contribution in [3.8, 4) is 17.2 Å². The van der Waals surface area contributed by atoms with Crippen LogP contribution in [0.25, 0.3) is 6.08 Å². The quantitative estimate of drug-likeness (QED) is 0.580. The normalized spacial score (nSPS) is 10.6. The molecule has 0 atom stereocenters. The van der Waals surface area contributed by atoms with E-state index in [9.17, 15) is 4.79 Å². The van der Waals surface area contributed by atoms with E-state index in [1.165, 1.54) is 6.08 Å². The molecule has 0 fully saturated rings. The van der Waals surface area contributed by atoms with E-state index in [4.69, 9.17) is 14.2 Å².